The van der Waals surface area contributed by atoms with Crippen LogP contribution in [0.4, 0.5) is 5.69 Å². The van der Waals surface area contributed by atoms with Crippen molar-refractivity contribution in [2.75, 3.05) is 5.32 Å². The quantitative estimate of drug-likeness (QED) is 0.791. The van der Waals surface area contributed by atoms with Crippen LogP contribution >= 0.6 is 11.6 Å². The number of hydrogen-bond acceptors (Lipinski definition) is 3. The zero-order chi connectivity index (χ0) is 17.3. The number of anilines is 1. The Balaban J connectivity index is 1.74. The lowest BCUT2D eigenvalue weighted by Crippen LogP contribution is -2.16. The van der Waals surface area contributed by atoms with E-state index in [0.717, 1.165) is 0 Å². The molecule has 2 aromatic heterocycles. The second-order valence-corrected chi connectivity index (χ2v) is 6.06. The molecule has 0 aliphatic rings. The molecule has 1 aromatic carbocycles. The lowest BCUT2D eigenvalue weighted by Gasteiger charge is -2.05. The van der Waals surface area contributed by atoms with Crippen molar-refractivity contribution in [1.29, 1.82) is 0 Å². The van der Waals surface area contributed by atoms with Crippen molar-refractivity contribution in [3.8, 4) is 0 Å². The van der Waals surface area contributed by atoms with Gasteiger partial charge in [0, 0.05) is 13.2 Å². The van der Waals surface area contributed by atoms with Gasteiger partial charge < -0.3 is 5.32 Å². The molecule has 0 radical (unpaired) electrons. The molecular formula is C17H18ClN5O. The van der Waals surface area contributed by atoms with Gasteiger partial charge in [-0.05, 0) is 25.0 Å². The summed E-state index contributed by atoms with van der Waals surface area (Å²) >= 11 is 6.14. The fourth-order valence-electron chi connectivity index (χ4n) is 2.55. The molecule has 2 heterocycles. The maximum absolute atomic E-state index is 12.4. The van der Waals surface area contributed by atoms with Crippen LogP contribution in [0.1, 0.15) is 27.3 Å². The Bertz CT molecular complexity index is 896. The average Bonchev–Trinajstić information content (AvgIpc) is 3.06. The van der Waals surface area contributed by atoms with Gasteiger partial charge in [-0.3, -0.25) is 14.2 Å². The number of rotatable bonds is 4. The fraction of sp³-hybridized carbons (Fsp3) is 0.235. The molecule has 0 saturated heterocycles. The number of benzene rings is 1. The van der Waals surface area contributed by atoms with Gasteiger partial charge in [-0.1, -0.05) is 35.9 Å². The summed E-state index contributed by atoms with van der Waals surface area (Å²) in [6.45, 7) is 4.47. The first-order chi connectivity index (χ1) is 11.5. The average molecular weight is 344 g/mol. The van der Waals surface area contributed by atoms with Gasteiger partial charge in [0.2, 0.25) is 0 Å². The number of aromatic nitrogens is 4. The molecule has 124 valence electrons. The summed E-state index contributed by atoms with van der Waals surface area (Å²) in [5, 5.41) is 11.6. The summed E-state index contributed by atoms with van der Waals surface area (Å²) in [6.07, 6.45) is 3.41. The highest BCUT2D eigenvalue weighted by Crippen LogP contribution is 2.20. The zero-order valence-corrected chi connectivity index (χ0v) is 14.5. The van der Waals surface area contributed by atoms with Gasteiger partial charge in [-0.2, -0.15) is 10.2 Å². The molecule has 0 aliphatic carbocycles. The van der Waals surface area contributed by atoms with Crippen LogP contribution in [0.25, 0.3) is 0 Å². The molecule has 6 nitrogen and oxygen atoms in total. The first-order valence-corrected chi connectivity index (χ1v) is 7.91. The summed E-state index contributed by atoms with van der Waals surface area (Å²) in [7, 11) is 1.69. The standard InChI is InChI=1S/C17H18ClN5O/c1-11-6-4-5-7-13(11)9-23-10-14(8-19-23)20-17(24)16-15(18)12(2)21-22(16)3/h4-8,10H,9H2,1-3H3,(H,20,24). The number of amides is 1. The lowest BCUT2D eigenvalue weighted by molar-refractivity contribution is 0.101. The molecule has 0 fully saturated rings. The monoisotopic (exact) mass is 343 g/mol. The second-order valence-electron chi connectivity index (χ2n) is 5.68. The van der Waals surface area contributed by atoms with Crippen molar-refractivity contribution < 1.29 is 4.79 Å². The van der Waals surface area contributed by atoms with Crippen LogP contribution in [0.15, 0.2) is 36.7 Å². The maximum Gasteiger partial charge on any atom is 0.275 e. The molecule has 0 saturated carbocycles. The minimum atomic E-state index is -0.307. The normalized spacial score (nSPS) is 10.8. The van der Waals surface area contributed by atoms with E-state index in [9.17, 15) is 4.79 Å². The van der Waals surface area contributed by atoms with Crippen molar-refractivity contribution in [2.24, 2.45) is 7.05 Å². The van der Waals surface area contributed by atoms with Gasteiger partial charge in [0.15, 0.2) is 0 Å². The molecule has 1 N–H and O–H groups in total. The summed E-state index contributed by atoms with van der Waals surface area (Å²) in [5.41, 5.74) is 3.96. The molecule has 3 rings (SSSR count). The molecule has 0 unspecified atom stereocenters. The van der Waals surface area contributed by atoms with Crippen molar-refractivity contribution in [1.82, 2.24) is 19.6 Å². The Morgan fingerprint density at radius 2 is 2.04 bits per heavy atom. The van der Waals surface area contributed by atoms with Crippen molar-refractivity contribution in [3.05, 3.63) is 64.2 Å². The number of halogens is 1. The molecule has 0 spiro atoms. The summed E-state index contributed by atoms with van der Waals surface area (Å²) in [5.74, 6) is -0.307. The van der Waals surface area contributed by atoms with E-state index in [4.69, 9.17) is 11.6 Å². The molecule has 0 atom stereocenters. The fourth-order valence-corrected chi connectivity index (χ4v) is 2.79. The summed E-state index contributed by atoms with van der Waals surface area (Å²) in [4.78, 5) is 12.4. The van der Waals surface area contributed by atoms with Crippen LogP contribution < -0.4 is 5.32 Å². The Kier molecular flexibility index (Phi) is 4.40. The molecule has 24 heavy (non-hydrogen) atoms. The van der Waals surface area contributed by atoms with Crippen LogP contribution in [-0.2, 0) is 13.6 Å². The molecular weight excluding hydrogens is 326 g/mol. The highest BCUT2D eigenvalue weighted by Gasteiger charge is 2.19. The first-order valence-electron chi connectivity index (χ1n) is 7.53. The van der Waals surface area contributed by atoms with Gasteiger partial charge in [0.05, 0.1) is 29.1 Å². The van der Waals surface area contributed by atoms with Gasteiger partial charge >= 0.3 is 0 Å². The van der Waals surface area contributed by atoms with Crippen LogP contribution in [0.2, 0.25) is 5.02 Å². The number of nitrogens with one attached hydrogen (secondary N) is 1. The van der Waals surface area contributed by atoms with Crippen LogP contribution in [-0.4, -0.2) is 25.5 Å². The van der Waals surface area contributed by atoms with E-state index in [1.165, 1.54) is 15.8 Å². The molecule has 1 amide bonds. The van der Waals surface area contributed by atoms with Gasteiger partial charge in [0.1, 0.15) is 5.69 Å². The number of carbonyl (C=O) groups excluding carboxylic acids is 1. The largest absolute Gasteiger partial charge is 0.318 e. The van der Waals surface area contributed by atoms with E-state index in [1.807, 2.05) is 12.1 Å². The van der Waals surface area contributed by atoms with Crippen molar-refractivity contribution in [3.63, 3.8) is 0 Å². The second kappa shape index (κ2) is 6.49. The predicted octanol–water partition coefficient (Wildman–Crippen LogP) is 3.19. The Morgan fingerprint density at radius 3 is 2.71 bits per heavy atom. The summed E-state index contributed by atoms with van der Waals surface area (Å²) < 4.78 is 3.26. The third-order valence-corrected chi connectivity index (χ3v) is 4.30. The number of nitrogens with zero attached hydrogens (tertiary/aromatic N) is 4. The van der Waals surface area contributed by atoms with Crippen LogP contribution in [0.3, 0.4) is 0 Å². The molecule has 3 aromatic rings. The van der Waals surface area contributed by atoms with Crippen molar-refractivity contribution in [2.45, 2.75) is 20.4 Å². The number of hydrogen-bond donors (Lipinski definition) is 1. The molecule has 0 aliphatic heterocycles. The summed E-state index contributed by atoms with van der Waals surface area (Å²) in [6, 6.07) is 8.14. The topological polar surface area (TPSA) is 64.7 Å². The minimum absolute atomic E-state index is 0.307. The third kappa shape index (κ3) is 3.19. The van der Waals surface area contributed by atoms with E-state index < -0.39 is 0 Å². The van der Waals surface area contributed by atoms with Crippen molar-refractivity contribution >= 4 is 23.2 Å². The van der Waals surface area contributed by atoms with E-state index in [2.05, 4.69) is 34.6 Å². The molecule has 0 bridgehead atoms. The Morgan fingerprint density at radius 1 is 1.29 bits per heavy atom. The Labute approximate surface area is 145 Å². The van der Waals surface area contributed by atoms with Gasteiger partial charge in [-0.15, -0.1) is 0 Å². The number of aryl methyl sites for hydroxylation is 3. The smallest absolute Gasteiger partial charge is 0.275 e. The van der Waals surface area contributed by atoms with Crippen LogP contribution in [0, 0.1) is 13.8 Å². The van der Waals surface area contributed by atoms with Crippen LogP contribution in [0.5, 0.6) is 0 Å². The predicted molar refractivity (Wildman–Crippen MR) is 93.4 cm³/mol. The number of carbonyl (C=O) groups is 1. The maximum atomic E-state index is 12.4. The van der Waals surface area contributed by atoms with E-state index in [1.54, 1.807) is 31.0 Å². The first kappa shape index (κ1) is 16.3. The minimum Gasteiger partial charge on any atom is -0.318 e. The highest BCUT2D eigenvalue weighted by molar-refractivity contribution is 6.34. The lowest BCUT2D eigenvalue weighted by atomic mass is 10.1. The van der Waals surface area contributed by atoms with E-state index >= 15 is 0 Å². The van der Waals surface area contributed by atoms with Gasteiger partial charge in [0.25, 0.3) is 5.91 Å². The SMILES string of the molecule is Cc1ccccc1Cn1cc(NC(=O)c2c(Cl)c(C)nn2C)cn1. The van der Waals surface area contributed by atoms with Gasteiger partial charge in [-0.25, -0.2) is 0 Å². The van der Waals surface area contributed by atoms with E-state index in [0.29, 0.717) is 28.6 Å². The molecule has 7 heteroatoms. The van der Waals surface area contributed by atoms with E-state index in [-0.39, 0.29) is 5.91 Å². The zero-order valence-electron chi connectivity index (χ0n) is 13.7. The third-order valence-electron chi connectivity index (χ3n) is 3.85. The Hall–Kier alpha value is -2.60. The highest BCUT2D eigenvalue weighted by atomic mass is 35.5.